The molecule has 1 aliphatic rings. The topological polar surface area (TPSA) is 58.4 Å². The van der Waals surface area contributed by atoms with Gasteiger partial charge < -0.3 is 16.0 Å². The van der Waals surface area contributed by atoms with E-state index in [0.29, 0.717) is 16.5 Å². The third-order valence-electron chi connectivity index (χ3n) is 3.79. The van der Waals surface area contributed by atoms with Gasteiger partial charge in [0.15, 0.2) is 5.78 Å². The Bertz CT molecular complexity index is 487. The predicted molar refractivity (Wildman–Crippen MR) is 89.2 cm³/mol. The molecule has 2 rings (SSSR count). The molecule has 4 nitrogen and oxygen atoms in total. The second-order valence-corrected chi connectivity index (χ2v) is 7.03. The first-order valence-electron chi connectivity index (χ1n) is 7.00. The zero-order chi connectivity index (χ0) is 14.7. The van der Waals surface area contributed by atoms with Crippen molar-refractivity contribution in [3.8, 4) is 0 Å². The zero-order valence-corrected chi connectivity index (χ0v) is 14.0. The molecule has 1 aliphatic heterocycles. The number of rotatable bonds is 6. The van der Waals surface area contributed by atoms with Crippen molar-refractivity contribution in [3.05, 3.63) is 4.88 Å². The van der Waals surface area contributed by atoms with Crippen LogP contribution in [0.2, 0.25) is 0 Å². The Morgan fingerprint density at radius 2 is 2.35 bits per heavy atom. The summed E-state index contributed by atoms with van der Waals surface area (Å²) in [7, 11) is 0. The summed E-state index contributed by atoms with van der Waals surface area (Å²) in [6.45, 7) is 8.24. The van der Waals surface area contributed by atoms with E-state index in [2.05, 4.69) is 17.1 Å². The van der Waals surface area contributed by atoms with Gasteiger partial charge in [-0.2, -0.15) is 0 Å². The van der Waals surface area contributed by atoms with Gasteiger partial charge in [0.05, 0.1) is 15.5 Å². The summed E-state index contributed by atoms with van der Waals surface area (Å²) in [6.07, 6.45) is 3.25. The van der Waals surface area contributed by atoms with Crippen LogP contribution >= 0.6 is 23.1 Å². The molecular formula is C14H23N3OS2. The van der Waals surface area contributed by atoms with Gasteiger partial charge in [-0.05, 0) is 31.7 Å². The molecule has 0 amide bonds. The minimum Gasteiger partial charge on any atom is -0.396 e. The van der Waals surface area contributed by atoms with E-state index < -0.39 is 0 Å². The number of hydrogen-bond donors (Lipinski definition) is 2. The molecule has 0 aliphatic carbocycles. The molecule has 20 heavy (non-hydrogen) atoms. The summed E-state index contributed by atoms with van der Waals surface area (Å²) in [4.78, 5) is 15.8. The maximum absolute atomic E-state index is 11.6. The smallest absolute Gasteiger partial charge is 0.171 e. The van der Waals surface area contributed by atoms with E-state index in [1.54, 1.807) is 18.7 Å². The number of carbonyl (C=O) groups is 1. The largest absolute Gasteiger partial charge is 0.396 e. The van der Waals surface area contributed by atoms with E-state index in [-0.39, 0.29) is 5.78 Å². The second kappa shape index (κ2) is 6.83. The Morgan fingerprint density at radius 3 is 2.90 bits per heavy atom. The van der Waals surface area contributed by atoms with Crippen molar-refractivity contribution in [1.82, 2.24) is 4.90 Å². The number of nitrogens with zero attached hydrogens (tertiary/aromatic N) is 1. The summed E-state index contributed by atoms with van der Waals surface area (Å²) < 4.78 is 0. The highest BCUT2D eigenvalue weighted by Gasteiger charge is 2.23. The normalized spacial score (nSPS) is 19.4. The molecule has 0 spiro atoms. The molecule has 1 atom stereocenters. The lowest BCUT2D eigenvalue weighted by Gasteiger charge is -2.14. The molecule has 112 valence electrons. The molecule has 1 aromatic rings. The summed E-state index contributed by atoms with van der Waals surface area (Å²) >= 11 is 3.10. The van der Waals surface area contributed by atoms with E-state index in [0.717, 1.165) is 23.0 Å². The van der Waals surface area contributed by atoms with E-state index in [4.69, 9.17) is 5.73 Å². The number of ketones is 1. The Kier molecular flexibility index (Phi) is 5.35. The van der Waals surface area contributed by atoms with Gasteiger partial charge in [0.2, 0.25) is 0 Å². The third-order valence-corrected chi connectivity index (χ3v) is 6.02. The molecule has 1 aromatic heterocycles. The van der Waals surface area contributed by atoms with Gasteiger partial charge in [0.25, 0.3) is 0 Å². The molecule has 0 bridgehead atoms. The summed E-state index contributed by atoms with van der Waals surface area (Å²) in [5.74, 6) is 0.739. The lowest BCUT2D eigenvalue weighted by Crippen LogP contribution is -2.22. The standard InChI is InChI=1S/C14H23N3OS2/c1-4-17-6-5-10(8-17)7-16-14-13(19-3)11(15)12(20-14)9(2)18/h10,16H,4-8,15H2,1-3H3. The number of anilines is 2. The third kappa shape index (κ3) is 3.30. The minimum atomic E-state index is 0.0499. The number of nitrogens with one attached hydrogen (secondary N) is 1. The fourth-order valence-corrected chi connectivity index (χ4v) is 4.55. The Balaban J connectivity index is 2.02. The average Bonchev–Trinajstić information content (AvgIpc) is 3.00. The van der Waals surface area contributed by atoms with Crippen molar-refractivity contribution in [2.45, 2.75) is 25.2 Å². The Labute approximate surface area is 129 Å². The van der Waals surface area contributed by atoms with Gasteiger partial charge in [-0.3, -0.25) is 4.79 Å². The first kappa shape index (κ1) is 15.7. The number of nitrogen functional groups attached to an aromatic ring is 1. The van der Waals surface area contributed by atoms with Crippen LogP contribution in [0.5, 0.6) is 0 Å². The number of hydrogen-bond acceptors (Lipinski definition) is 6. The van der Waals surface area contributed by atoms with E-state index in [1.807, 2.05) is 6.26 Å². The minimum absolute atomic E-state index is 0.0499. The first-order valence-corrected chi connectivity index (χ1v) is 9.04. The molecule has 0 saturated carbocycles. The van der Waals surface area contributed by atoms with Gasteiger partial charge in [-0.1, -0.05) is 6.92 Å². The number of nitrogens with two attached hydrogens (primary N) is 1. The van der Waals surface area contributed by atoms with Crippen LogP contribution in [0, 0.1) is 5.92 Å². The molecule has 2 heterocycles. The zero-order valence-electron chi connectivity index (χ0n) is 12.4. The van der Waals surface area contributed by atoms with Crippen molar-refractivity contribution < 1.29 is 4.79 Å². The molecule has 0 aromatic carbocycles. The molecule has 1 unspecified atom stereocenters. The van der Waals surface area contributed by atoms with Crippen LogP contribution in [0.15, 0.2) is 4.90 Å². The van der Waals surface area contributed by atoms with E-state index in [1.165, 1.54) is 30.8 Å². The number of carbonyl (C=O) groups excluding carboxylic acids is 1. The Hall–Kier alpha value is -0.720. The maximum atomic E-state index is 11.6. The molecule has 6 heteroatoms. The van der Waals surface area contributed by atoms with Crippen LogP contribution in [0.1, 0.15) is 29.9 Å². The van der Waals surface area contributed by atoms with E-state index in [9.17, 15) is 4.79 Å². The molecule has 1 fully saturated rings. The number of thiophene rings is 1. The van der Waals surface area contributed by atoms with E-state index >= 15 is 0 Å². The van der Waals surface area contributed by atoms with Gasteiger partial charge >= 0.3 is 0 Å². The van der Waals surface area contributed by atoms with Crippen molar-refractivity contribution in [2.24, 2.45) is 5.92 Å². The monoisotopic (exact) mass is 313 g/mol. The molecular weight excluding hydrogens is 290 g/mol. The van der Waals surface area contributed by atoms with Crippen LogP contribution in [-0.4, -0.2) is 43.1 Å². The van der Waals surface area contributed by atoms with Crippen LogP contribution in [0.4, 0.5) is 10.7 Å². The summed E-state index contributed by atoms with van der Waals surface area (Å²) in [5.41, 5.74) is 6.70. The summed E-state index contributed by atoms with van der Waals surface area (Å²) in [6, 6.07) is 0. The highest BCUT2D eigenvalue weighted by molar-refractivity contribution is 7.99. The number of likely N-dealkylation sites (tertiary alicyclic amines) is 1. The van der Waals surface area contributed by atoms with Crippen LogP contribution in [-0.2, 0) is 0 Å². The molecule has 1 saturated heterocycles. The SMILES string of the molecule is CCN1CCC(CNc2sc(C(C)=O)c(N)c2SC)C1. The van der Waals surface area contributed by atoms with Crippen molar-refractivity contribution in [2.75, 3.05) is 43.5 Å². The fraction of sp³-hybridized carbons (Fsp3) is 0.643. The van der Waals surface area contributed by atoms with Gasteiger partial charge in [0.1, 0.15) is 5.00 Å². The second-order valence-electron chi connectivity index (χ2n) is 5.19. The van der Waals surface area contributed by atoms with Crippen molar-refractivity contribution >= 4 is 39.6 Å². The fourth-order valence-electron chi connectivity index (χ4n) is 2.61. The first-order chi connectivity index (χ1) is 9.56. The molecule has 3 N–H and O–H groups in total. The predicted octanol–water partition coefficient (Wildman–Crippen LogP) is 3.01. The number of thioether (sulfide) groups is 1. The maximum Gasteiger partial charge on any atom is 0.171 e. The number of Topliss-reactive ketones (excluding diaryl/α,β-unsaturated/α-hetero) is 1. The quantitative estimate of drug-likeness (QED) is 0.624. The lowest BCUT2D eigenvalue weighted by atomic mass is 10.1. The highest BCUT2D eigenvalue weighted by atomic mass is 32.2. The van der Waals surface area contributed by atoms with Crippen molar-refractivity contribution in [1.29, 1.82) is 0 Å². The van der Waals surface area contributed by atoms with Crippen LogP contribution in [0.3, 0.4) is 0 Å². The van der Waals surface area contributed by atoms with Gasteiger partial charge in [-0.15, -0.1) is 23.1 Å². The van der Waals surface area contributed by atoms with Crippen LogP contribution < -0.4 is 11.1 Å². The average molecular weight is 313 g/mol. The Morgan fingerprint density at radius 1 is 1.60 bits per heavy atom. The van der Waals surface area contributed by atoms with Gasteiger partial charge in [-0.25, -0.2) is 0 Å². The summed E-state index contributed by atoms with van der Waals surface area (Å²) in [5, 5.41) is 4.56. The van der Waals surface area contributed by atoms with Crippen LogP contribution in [0.25, 0.3) is 0 Å². The van der Waals surface area contributed by atoms with Crippen molar-refractivity contribution in [3.63, 3.8) is 0 Å². The molecule has 0 radical (unpaired) electrons. The highest BCUT2D eigenvalue weighted by Crippen LogP contribution is 2.42. The van der Waals surface area contributed by atoms with Gasteiger partial charge in [0, 0.05) is 20.0 Å². The lowest BCUT2D eigenvalue weighted by molar-refractivity contribution is 0.102.